The molecule has 0 unspecified atom stereocenters. The standard InChI is InChI=1S/C31H38N8O3.C28H34N8O2.C3H4O2/c1-19(2)39-16-23(14-33-39)34-30-32-10-8-26(35-30)21-6-7-25-20(9-11-38(15-22(25)12-21)24-17-41-18-24)13-27(40)28-36-37-29(42-28)31(3,4)5;1-17(2)36-16-21(15-31-36)32-27-30-11-9-23(33-27)19-6-7-22-18(8-10-29-14-20(22)12-19)13-24(37)25-34-35-26(38-25)28(3,4)5;4-3-1-5-2-3/h6-8,10,12,14,16,19-20,24H,9,11,13,15,17-18H2,1-5H3,(H,32,34,35);6-7,9,11-12,15-18,29H,8,10,13-14H2,1-5H3,(H,30,32,33);1-2H2/t20-;18-;/m00./s1. The quantitative estimate of drug-likeness (QED) is 0.0805. The highest BCUT2D eigenvalue weighted by Gasteiger charge is 2.34. The number of anilines is 4. The fraction of sp³-hybridized carbons (Fsp3) is 0.468. The Balaban J connectivity index is 0.000000175. The number of carbonyl (C=O) groups excluding carboxylic acids is 3. The van der Waals surface area contributed by atoms with Gasteiger partial charge >= 0.3 is 0 Å². The van der Waals surface area contributed by atoms with E-state index in [1.54, 1.807) is 24.8 Å². The normalized spacial score (nSPS) is 17.2. The first-order valence-corrected chi connectivity index (χ1v) is 29.1. The molecule has 4 aliphatic rings. The van der Waals surface area contributed by atoms with Crippen molar-refractivity contribution >= 4 is 40.6 Å². The minimum atomic E-state index is -0.311. The molecule has 23 heteroatoms. The third-order valence-electron chi connectivity index (χ3n) is 15.1. The van der Waals surface area contributed by atoms with Gasteiger partial charge in [0.2, 0.25) is 35.2 Å². The van der Waals surface area contributed by atoms with Crippen LogP contribution in [0.4, 0.5) is 23.3 Å². The zero-order valence-electron chi connectivity index (χ0n) is 50.1. The maximum Gasteiger partial charge on any atom is 0.284 e. The van der Waals surface area contributed by atoms with Gasteiger partial charge in [-0.1, -0.05) is 65.8 Å². The Morgan fingerprint density at radius 1 is 0.659 bits per heavy atom. The highest BCUT2D eigenvalue weighted by molar-refractivity contribution is 5.92. The first-order valence-electron chi connectivity index (χ1n) is 29.1. The second kappa shape index (κ2) is 25.9. The summed E-state index contributed by atoms with van der Waals surface area (Å²) in [6, 6.07) is 17.5. The molecule has 0 saturated carbocycles. The second-order valence-electron chi connectivity index (χ2n) is 24.6. The van der Waals surface area contributed by atoms with Gasteiger partial charge in [-0.3, -0.25) is 28.6 Å². The van der Waals surface area contributed by atoms with Crippen molar-refractivity contribution < 1.29 is 32.7 Å². The van der Waals surface area contributed by atoms with Crippen molar-refractivity contribution in [1.82, 2.24) is 70.1 Å². The zero-order chi connectivity index (χ0) is 60.0. The number of hydrogen-bond donors (Lipinski definition) is 3. The van der Waals surface area contributed by atoms with Crippen LogP contribution in [0.5, 0.6) is 0 Å². The molecule has 12 rings (SSSR count). The number of Topliss-reactive ketones (excluding diaryl/α,β-unsaturated/α-hetero) is 3. The molecule has 2 fully saturated rings. The van der Waals surface area contributed by atoms with Crippen LogP contribution in [0, 0.1) is 0 Å². The van der Waals surface area contributed by atoms with E-state index in [2.05, 4.69) is 130 Å². The minimum absolute atomic E-state index is 0.0395. The van der Waals surface area contributed by atoms with E-state index in [0.29, 0.717) is 55.8 Å². The van der Waals surface area contributed by atoms with Gasteiger partial charge < -0.3 is 34.3 Å². The number of fused-ring (bicyclic) bond motifs is 2. The first kappa shape index (κ1) is 59.9. The van der Waals surface area contributed by atoms with E-state index in [4.69, 9.17) is 23.5 Å². The van der Waals surface area contributed by atoms with Gasteiger partial charge in [0.25, 0.3) is 11.8 Å². The lowest BCUT2D eigenvalue weighted by Crippen LogP contribution is -2.48. The molecule has 0 spiro atoms. The summed E-state index contributed by atoms with van der Waals surface area (Å²) in [4.78, 5) is 56.9. The Hall–Kier alpha value is -8.25. The third-order valence-corrected chi connectivity index (χ3v) is 15.1. The maximum atomic E-state index is 13.3. The van der Waals surface area contributed by atoms with Crippen molar-refractivity contribution in [2.45, 2.75) is 149 Å². The van der Waals surface area contributed by atoms with E-state index in [1.165, 1.54) is 11.1 Å². The number of carbonyl (C=O) groups is 3. The highest BCUT2D eigenvalue weighted by atomic mass is 16.5. The number of ketones is 3. The van der Waals surface area contributed by atoms with Gasteiger partial charge in [0.15, 0.2) is 5.78 Å². The maximum absolute atomic E-state index is 13.3. The number of hydrogen-bond acceptors (Lipinski definition) is 21. The Morgan fingerprint density at radius 2 is 1.15 bits per heavy atom. The second-order valence-corrected chi connectivity index (χ2v) is 24.6. The van der Waals surface area contributed by atoms with Gasteiger partial charge in [-0.15, -0.1) is 20.4 Å². The third kappa shape index (κ3) is 15.0. The average molecular weight is 1160 g/mol. The molecule has 4 aliphatic heterocycles. The van der Waals surface area contributed by atoms with Crippen molar-refractivity contribution in [3.05, 3.63) is 132 Å². The summed E-state index contributed by atoms with van der Waals surface area (Å²) in [5, 5.41) is 35.1. The predicted octanol–water partition coefficient (Wildman–Crippen LogP) is 10.1. The number of aromatic nitrogens is 12. The molecule has 0 amide bonds. The molecule has 0 bridgehead atoms. The molecular weight excluding hydrogens is 1080 g/mol. The van der Waals surface area contributed by atoms with Crippen LogP contribution in [0.3, 0.4) is 0 Å². The Labute approximate surface area is 494 Å². The molecule has 0 radical (unpaired) electrons. The molecule has 6 aromatic heterocycles. The Morgan fingerprint density at radius 3 is 1.59 bits per heavy atom. The molecule has 2 atom stereocenters. The average Bonchev–Trinajstić information content (AvgIpc) is 3.15. The SMILES string of the molecule is CC(C)n1cc(Nc2nccc(-c3ccc4c(c3)CN(C3COC3)CC[C@H]4CC(=O)c3nnc(C(C)(C)C)o3)n2)cn1.CC(C)n1cc(Nc2nccc(-c3ccc4c(c3)CNCC[C@H]4CC(=O)c3nnc(C(C)(C)C)o3)n2)cn1.O=C1COC1. The van der Waals surface area contributed by atoms with Crippen molar-refractivity contribution in [1.29, 1.82) is 0 Å². The van der Waals surface area contributed by atoms with E-state index in [0.717, 1.165) is 97.3 Å². The molecule has 23 nitrogen and oxygen atoms in total. The smallest absolute Gasteiger partial charge is 0.284 e. The lowest BCUT2D eigenvalue weighted by atomic mass is 9.87. The summed E-state index contributed by atoms with van der Waals surface area (Å²) in [5.74, 6) is 2.22. The van der Waals surface area contributed by atoms with Crippen molar-refractivity contribution in [3.8, 4) is 22.5 Å². The van der Waals surface area contributed by atoms with E-state index >= 15 is 0 Å². The highest BCUT2D eigenvalue weighted by Crippen LogP contribution is 2.37. The Bertz CT molecular complexity index is 3620. The molecule has 8 aromatic rings. The lowest BCUT2D eigenvalue weighted by Gasteiger charge is -2.36. The largest absolute Gasteiger partial charge is 0.418 e. The molecule has 0 aliphatic carbocycles. The number of nitrogens with one attached hydrogen (secondary N) is 3. The summed E-state index contributed by atoms with van der Waals surface area (Å²) >= 11 is 0. The first-order chi connectivity index (χ1) is 40.7. The van der Waals surface area contributed by atoms with Gasteiger partial charge in [-0.2, -0.15) is 10.2 Å². The van der Waals surface area contributed by atoms with Crippen molar-refractivity contribution in [2.75, 3.05) is 50.2 Å². The fourth-order valence-corrected chi connectivity index (χ4v) is 10.1. The Kier molecular flexibility index (Phi) is 18.3. The van der Waals surface area contributed by atoms with Gasteiger partial charge in [0, 0.05) is 84.8 Å². The summed E-state index contributed by atoms with van der Waals surface area (Å²) in [6.07, 6.45) is 13.3. The molecule has 2 saturated heterocycles. The molecule has 446 valence electrons. The van der Waals surface area contributed by atoms with Crippen LogP contribution in [-0.2, 0) is 38.2 Å². The summed E-state index contributed by atoms with van der Waals surface area (Å²) in [6.45, 7) is 25.7. The van der Waals surface area contributed by atoms with Crippen LogP contribution in [0.2, 0.25) is 0 Å². The van der Waals surface area contributed by atoms with Gasteiger partial charge in [0.05, 0.1) is 54.4 Å². The van der Waals surface area contributed by atoms with E-state index in [1.807, 2.05) is 75.4 Å². The summed E-state index contributed by atoms with van der Waals surface area (Å²) < 4.78 is 25.2. The van der Waals surface area contributed by atoms with E-state index < -0.39 is 0 Å². The predicted molar refractivity (Wildman–Crippen MR) is 318 cm³/mol. The molecule has 2 aromatic carbocycles. The molecule has 10 heterocycles. The van der Waals surface area contributed by atoms with Crippen LogP contribution in [0.25, 0.3) is 22.5 Å². The van der Waals surface area contributed by atoms with Crippen LogP contribution < -0.4 is 16.0 Å². The topological polar surface area (TPSA) is 274 Å². The van der Waals surface area contributed by atoms with E-state index in [9.17, 15) is 14.4 Å². The van der Waals surface area contributed by atoms with Crippen LogP contribution in [0.1, 0.15) is 174 Å². The number of nitrogens with zero attached hydrogens (tertiary/aromatic N) is 13. The van der Waals surface area contributed by atoms with Crippen LogP contribution >= 0.6 is 0 Å². The number of ether oxygens (including phenoxy) is 2. The van der Waals surface area contributed by atoms with E-state index in [-0.39, 0.29) is 63.9 Å². The monoisotopic (exact) mass is 1160 g/mol. The van der Waals surface area contributed by atoms with Gasteiger partial charge in [-0.25, -0.2) is 19.9 Å². The molecular formula is C62H76N16O7. The van der Waals surface area contributed by atoms with Crippen LogP contribution in [-0.4, -0.2) is 128 Å². The van der Waals surface area contributed by atoms with Crippen molar-refractivity contribution in [3.63, 3.8) is 0 Å². The van der Waals surface area contributed by atoms with Gasteiger partial charge in [0.1, 0.15) is 13.2 Å². The summed E-state index contributed by atoms with van der Waals surface area (Å²) in [7, 11) is 0. The zero-order valence-corrected chi connectivity index (χ0v) is 50.1. The van der Waals surface area contributed by atoms with Crippen LogP contribution in [0.15, 0.2) is 94.5 Å². The van der Waals surface area contributed by atoms with Crippen molar-refractivity contribution in [2.24, 2.45) is 0 Å². The lowest BCUT2D eigenvalue weighted by molar-refractivity contribution is -0.140. The number of rotatable bonds is 15. The van der Waals surface area contributed by atoms with Gasteiger partial charge in [-0.05, 0) is 112 Å². The fourth-order valence-electron chi connectivity index (χ4n) is 10.1. The number of benzene rings is 2. The summed E-state index contributed by atoms with van der Waals surface area (Å²) in [5.41, 5.74) is 9.40. The molecule has 3 N–H and O–H groups in total. The minimum Gasteiger partial charge on any atom is -0.418 e. The molecule has 85 heavy (non-hydrogen) atoms.